The first kappa shape index (κ1) is 51.6. The summed E-state index contributed by atoms with van der Waals surface area (Å²) in [7, 11) is 0. The molecule has 0 fully saturated rings. The zero-order valence-corrected chi connectivity index (χ0v) is 35.7. The number of unbranched alkanes of at least 4 members (excludes halogenated alkanes) is 24. The lowest BCUT2D eigenvalue weighted by Gasteiger charge is -2.18. The van der Waals surface area contributed by atoms with Crippen LogP contribution >= 0.6 is 0 Å². The minimum atomic E-state index is -0.776. The molecule has 0 amide bonds. The minimum absolute atomic E-state index is 0.0781. The van der Waals surface area contributed by atoms with Gasteiger partial charge in [0.05, 0.1) is 0 Å². The van der Waals surface area contributed by atoms with Gasteiger partial charge in [0.25, 0.3) is 0 Å². The molecule has 0 aliphatic carbocycles. The van der Waals surface area contributed by atoms with Gasteiger partial charge in [-0.1, -0.05) is 186 Å². The normalized spacial score (nSPS) is 12.3. The topological polar surface area (TPSA) is 78.9 Å². The summed E-state index contributed by atoms with van der Waals surface area (Å²) in [6, 6.07) is 0. The average Bonchev–Trinajstić information content (AvgIpc) is 3.17. The quantitative estimate of drug-likeness (QED) is 0.0267. The van der Waals surface area contributed by atoms with Crippen LogP contribution < -0.4 is 0 Å². The van der Waals surface area contributed by atoms with Gasteiger partial charge in [-0.15, -0.1) is 0 Å². The molecule has 6 nitrogen and oxygen atoms in total. The molecule has 0 heterocycles. The van der Waals surface area contributed by atoms with Crippen LogP contribution in [0.15, 0.2) is 36.5 Å². The number of hydrogen-bond acceptors (Lipinski definition) is 6. The van der Waals surface area contributed by atoms with Gasteiger partial charge in [-0.3, -0.25) is 14.4 Å². The number of esters is 3. The Morgan fingerprint density at radius 2 is 0.685 bits per heavy atom. The molecule has 314 valence electrons. The van der Waals surface area contributed by atoms with Crippen molar-refractivity contribution in [2.75, 3.05) is 13.2 Å². The maximum Gasteiger partial charge on any atom is 0.306 e. The Labute approximate surface area is 334 Å². The third-order valence-electron chi connectivity index (χ3n) is 9.87. The maximum atomic E-state index is 12.7. The zero-order valence-electron chi connectivity index (χ0n) is 35.7. The van der Waals surface area contributed by atoms with Crippen LogP contribution in [0.1, 0.15) is 233 Å². The van der Waals surface area contributed by atoms with Crippen LogP contribution in [0.5, 0.6) is 0 Å². The number of carbonyl (C=O) groups is 3. The third-order valence-corrected chi connectivity index (χ3v) is 9.87. The van der Waals surface area contributed by atoms with E-state index in [2.05, 4.69) is 57.2 Å². The van der Waals surface area contributed by atoms with E-state index in [1.807, 2.05) is 0 Å². The summed E-state index contributed by atoms with van der Waals surface area (Å²) in [4.78, 5) is 37.7. The third kappa shape index (κ3) is 40.8. The van der Waals surface area contributed by atoms with E-state index in [1.165, 1.54) is 103 Å². The van der Waals surface area contributed by atoms with Gasteiger partial charge in [-0.05, 0) is 64.2 Å². The molecule has 0 aromatic carbocycles. The number of allylic oxidation sites excluding steroid dienone is 6. The van der Waals surface area contributed by atoms with Crippen molar-refractivity contribution in [2.24, 2.45) is 0 Å². The van der Waals surface area contributed by atoms with Gasteiger partial charge in [0.15, 0.2) is 6.10 Å². The second-order valence-corrected chi connectivity index (χ2v) is 15.3. The fraction of sp³-hybridized carbons (Fsp3) is 0.812. The van der Waals surface area contributed by atoms with E-state index in [9.17, 15) is 14.4 Å². The van der Waals surface area contributed by atoms with Gasteiger partial charge >= 0.3 is 17.9 Å². The van der Waals surface area contributed by atoms with E-state index in [0.717, 1.165) is 89.9 Å². The monoisotopic (exact) mass is 759 g/mol. The highest BCUT2D eigenvalue weighted by molar-refractivity contribution is 5.71. The highest BCUT2D eigenvalue weighted by Gasteiger charge is 2.19. The molecular weight excluding hydrogens is 673 g/mol. The molecule has 0 saturated heterocycles. The SMILES string of the molecule is CCCC/C=C\C/C=C\CCCCCCCC(=O)OCC(COC(=O)CCCCCCCCCCCCC)OC(=O)CCCCCCC/C=C\CCCC. The number of carbonyl (C=O) groups excluding carboxylic acids is 3. The van der Waals surface area contributed by atoms with Gasteiger partial charge in [-0.25, -0.2) is 0 Å². The summed E-state index contributed by atoms with van der Waals surface area (Å²) < 4.78 is 16.7. The summed E-state index contributed by atoms with van der Waals surface area (Å²) in [6.07, 6.45) is 48.3. The molecular formula is C48H86O6. The molecule has 0 N–H and O–H groups in total. The minimum Gasteiger partial charge on any atom is -0.462 e. The van der Waals surface area contributed by atoms with E-state index >= 15 is 0 Å². The van der Waals surface area contributed by atoms with Crippen LogP contribution in [-0.2, 0) is 28.6 Å². The van der Waals surface area contributed by atoms with Crippen molar-refractivity contribution in [2.45, 2.75) is 239 Å². The van der Waals surface area contributed by atoms with Crippen LogP contribution in [0.4, 0.5) is 0 Å². The van der Waals surface area contributed by atoms with E-state index in [-0.39, 0.29) is 31.1 Å². The fourth-order valence-corrected chi connectivity index (χ4v) is 6.32. The van der Waals surface area contributed by atoms with Gasteiger partial charge < -0.3 is 14.2 Å². The Balaban J connectivity index is 4.38. The van der Waals surface area contributed by atoms with Crippen LogP contribution in [0.2, 0.25) is 0 Å². The lowest BCUT2D eigenvalue weighted by atomic mass is 10.1. The van der Waals surface area contributed by atoms with Crippen LogP contribution in [0.3, 0.4) is 0 Å². The van der Waals surface area contributed by atoms with Crippen molar-refractivity contribution in [3.05, 3.63) is 36.5 Å². The van der Waals surface area contributed by atoms with Crippen molar-refractivity contribution in [1.29, 1.82) is 0 Å². The molecule has 1 atom stereocenters. The highest BCUT2D eigenvalue weighted by Crippen LogP contribution is 2.14. The molecule has 0 spiro atoms. The Morgan fingerprint density at radius 3 is 1.09 bits per heavy atom. The summed E-state index contributed by atoms with van der Waals surface area (Å²) in [6.45, 7) is 6.53. The average molecular weight is 759 g/mol. The molecule has 6 heteroatoms. The summed E-state index contributed by atoms with van der Waals surface area (Å²) in [5, 5.41) is 0. The van der Waals surface area contributed by atoms with Crippen LogP contribution in [-0.4, -0.2) is 37.2 Å². The van der Waals surface area contributed by atoms with Crippen molar-refractivity contribution in [1.82, 2.24) is 0 Å². The van der Waals surface area contributed by atoms with E-state index < -0.39 is 6.10 Å². The van der Waals surface area contributed by atoms with E-state index in [4.69, 9.17) is 14.2 Å². The molecule has 0 aromatic rings. The molecule has 0 aliphatic heterocycles. The standard InChI is InChI=1S/C48H86O6/c1-4-7-10-13-16-19-22-23-24-27-29-32-35-38-41-47(50)53-44-45(54-48(51)42-39-36-33-30-26-21-18-15-12-9-6-3)43-52-46(49)40-37-34-31-28-25-20-17-14-11-8-5-2/h13,15-16,18,22-23,45H,4-12,14,17,19-21,24-44H2,1-3H3/b16-13-,18-15-,23-22-. The van der Waals surface area contributed by atoms with Gasteiger partial charge in [0, 0.05) is 19.3 Å². The summed E-state index contributed by atoms with van der Waals surface area (Å²) in [5.41, 5.74) is 0. The summed E-state index contributed by atoms with van der Waals surface area (Å²) in [5.74, 6) is -0.902. The van der Waals surface area contributed by atoms with Gasteiger partial charge in [0.2, 0.25) is 0 Å². The highest BCUT2D eigenvalue weighted by atomic mass is 16.6. The Hall–Kier alpha value is -2.37. The smallest absolute Gasteiger partial charge is 0.306 e. The van der Waals surface area contributed by atoms with E-state index in [0.29, 0.717) is 19.3 Å². The molecule has 0 radical (unpaired) electrons. The Morgan fingerprint density at radius 1 is 0.370 bits per heavy atom. The largest absolute Gasteiger partial charge is 0.462 e. The first-order valence-corrected chi connectivity index (χ1v) is 23.0. The maximum absolute atomic E-state index is 12.7. The Kier molecular flexibility index (Phi) is 41.5. The first-order valence-electron chi connectivity index (χ1n) is 23.0. The molecule has 0 rings (SSSR count). The predicted molar refractivity (Wildman–Crippen MR) is 229 cm³/mol. The summed E-state index contributed by atoms with van der Waals surface area (Å²) >= 11 is 0. The second-order valence-electron chi connectivity index (χ2n) is 15.3. The van der Waals surface area contributed by atoms with Crippen molar-refractivity contribution in [3.8, 4) is 0 Å². The molecule has 1 unspecified atom stereocenters. The zero-order chi connectivity index (χ0) is 39.4. The second kappa shape index (κ2) is 43.4. The lowest BCUT2D eigenvalue weighted by molar-refractivity contribution is -0.167. The molecule has 54 heavy (non-hydrogen) atoms. The molecule has 0 saturated carbocycles. The van der Waals surface area contributed by atoms with Crippen molar-refractivity contribution < 1.29 is 28.6 Å². The lowest BCUT2D eigenvalue weighted by Crippen LogP contribution is -2.30. The van der Waals surface area contributed by atoms with Gasteiger partial charge in [0.1, 0.15) is 13.2 Å². The van der Waals surface area contributed by atoms with Crippen LogP contribution in [0.25, 0.3) is 0 Å². The first-order chi connectivity index (χ1) is 26.5. The van der Waals surface area contributed by atoms with Crippen LogP contribution in [0, 0.1) is 0 Å². The fourth-order valence-electron chi connectivity index (χ4n) is 6.32. The van der Waals surface area contributed by atoms with Crippen molar-refractivity contribution in [3.63, 3.8) is 0 Å². The molecule has 0 bridgehead atoms. The Bertz CT molecular complexity index is 922. The van der Waals surface area contributed by atoms with Gasteiger partial charge in [-0.2, -0.15) is 0 Å². The van der Waals surface area contributed by atoms with Crippen molar-refractivity contribution >= 4 is 17.9 Å². The number of rotatable bonds is 41. The predicted octanol–water partition coefficient (Wildman–Crippen LogP) is 14.6. The number of ether oxygens (including phenoxy) is 3. The molecule has 0 aliphatic rings. The molecule has 0 aromatic heterocycles. The number of hydrogen-bond donors (Lipinski definition) is 0. The van der Waals surface area contributed by atoms with E-state index in [1.54, 1.807) is 0 Å².